The molecule has 0 aromatic heterocycles. The van der Waals surface area contributed by atoms with Crippen LogP contribution in [0.15, 0.2) is 0 Å². The van der Waals surface area contributed by atoms with Crippen LogP contribution in [0.25, 0.3) is 0 Å². The Morgan fingerprint density at radius 2 is 0.534 bits per heavy atom. The molecule has 0 radical (unpaired) electrons. The van der Waals surface area contributed by atoms with Crippen LogP contribution in [0.4, 0.5) is 189 Å². The number of alkyl halides is 43. The summed E-state index contributed by atoms with van der Waals surface area (Å²) in [7, 11) is -16.7. The van der Waals surface area contributed by atoms with Crippen LogP contribution in [0.1, 0.15) is 258 Å². The SMILES string of the molecule is CCC(C)(C)C(F)(F)C(F)(F)C(C)(CC)C(C)(CC)C(F)(OC(F)(F)C(F)(F)S(=O)(=O)O)C(F)(F)C(C)(CC)C(C)(C)C(F)(F)C(F)(F)C(C)(CC)C(C)(CC)C(F)(OC(F)(F)C(F)(F)C(F)(F)C(F)(F)S(=O)(=O)O)C(F)(F)C(C)(CC)C(C)(C)C(F)(F)C(F)(F)C(C)(CC)C(C)(C)C(F)(OC(CC)(CC)C(F)(F)C(F)(OC(C)(CC)C(F)(F)C(F)(F)C#N)C(F)(F)F)C(F)F. The van der Waals surface area contributed by atoms with E-state index in [0.29, 0.717) is 6.92 Å². The topological polar surface area (TPSA) is 169 Å². The summed E-state index contributed by atoms with van der Waals surface area (Å²) in [6.07, 6.45) is -57.7. The van der Waals surface area contributed by atoms with Crippen molar-refractivity contribution in [1.29, 1.82) is 5.26 Å². The summed E-state index contributed by atoms with van der Waals surface area (Å²) in [6, 6.07) is -0.482. The summed E-state index contributed by atoms with van der Waals surface area (Å²) in [6.45, 7) is -11.7. The molecule has 2 N–H and O–H groups in total. The van der Waals surface area contributed by atoms with E-state index in [1.807, 2.05) is 0 Å². The third-order valence-electron chi connectivity index (χ3n) is 30.6. The first kappa shape index (κ1) is 127. The van der Waals surface area contributed by atoms with Gasteiger partial charge in [-0.3, -0.25) is 18.6 Å². The van der Waals surface area contributed by atoms with Crippen LogP contribution < -0.4 is 0 Å². The van der Waals surface area contributed by atoms with Gasteiger partial charge < -0.3 is 9.47 Å². The Morgan fingerprint density at radius 3 is 0.771 bits per heavy atom. The first-order valence-corrected chi connectivity index (χ1v) is 42.1. The molecule has 0 spiro atoms. The van der Waals surface area contributed by atoms with Crippen LogP contribution in [0, 0.1) is 70.9 Å². The Labute approximate surface area is 727 Å². The van der Waals surface area contributed by atoms with Gasteiger partial charge in [0, 0.05) is 59.6 Å². The molecule has 11 nitrogen and oxygen atoms in total. The number of hydrogen-bond donors (Lipinski definition) is 2. The number of halogens is 43. The second-order valence-corrected chi connectivity index (χ2v) is 39.4. The highest BCUT2D eigenvalue weighted by molar-refractivity contribution is 7.87. The number of nitriles is 1. The Morgan fingerprint density at radius 1 is 0.267 bits per heavy atom. The van der Waals surface area contributed by atoms with E-state index in [-0.39, 0.29) is 76.2 Å². The molecule has 0 bridgehead atoms. The van der Waals surface area contributed by atoms with Gasteiger partial charge >= 0.3 is 132 Å². The predicted octanol–water partition coefficient (Wildman–Crippen LogP) is 29.6. The molecule has 0 aliphatic rings. The second-order valence-electron chi connectivity index (χ2n) is 36.4. The first-order chi connectivity index (χ1) is 56.5. The van der Waals surface area contributed by atoms with Crippen molar-refractivity contribution in [1.82, 2.24) is 0 Å². The third kappa shape index (κ3) is 15.9. The van der Waals surface area contributed by atoms with Crippen molar-refractivity contribution in [2.24, 2.45) is 59.6 Å². The lowest BCUT2D eigenvalue weighted by Gasteiger charge is -2.65. The Bertz CT molecular complexity index is 4270. The van der Waals surface area contributed by atoms with E-state index in [1.54, 1.807) is 0 Å². The summed E-state index contributed by atoms with van der Waals surface area (Å²) < 4.78 is 813. The van der Waals surface area contributed by atoms with Crippen molar-refractivity contribution < 1.29 is 234 Å². The monoisotopic (exact) mass is 2060 g/mol. The van der Waals surface area contributed by atoms with E-state index in [9.17, 15) is 39.0 Å². The average Bonchev–Trinajstić information content (AvgIpc) is 0.660. The predicted molar refractivity (Wildman–Crippen MR) is 381 cm³/mol. The molecule has 0 aromatic rings. The zero-order valence-corrected chi connectivity index (χ0v) is 76.7. The van der Waals surface area contributed by atoms with Gasteiger partial charge in [-0.25, -0.2) is 22.0 Å². The standard InChI is InChI=1S/C75H106F43NO10S2/c1-28-41(12,13)56(81,82)60(89,90)48(23,32-5)50(25,34-7)69(106,129-73(113,114)75(117,118)131(123,124)125)63(95,96)47(22,31-4)44(18,19)58(85,86)61(91,92)49(24,33-6)51(26,35-8)68(105,128-72(111,112)66(101,102)67(103,104)74(115,116)130(120,121)122)62(93,94)46(21,30-3)43(16,17)57(83,84)59(87,88)45(20,29-2)42(14,15)55(80,40(76)77)127-53(37-10,38-11)65(99,100)70(107,71(108,109)110)126-52(27,36-9)64(97,98)54(78,79)39-119/h40H,28-38H2,1-27H3,(H,120,121,122)(H,123,124,125). The third-order valence-corrected chi connectivity index (χ3v) is 32.3. The lowest BCUT2D eigenvalue weighted by molar-refractivity contribution is -0.511. The molecule has 0 fully saturated rings. The van der Waals surface area contributed by atoms with E-state index in [4.69, 9.17) is 9.81 Å². The fourth-order valence-corrected chi connectivity index (χ4v) is 17.6. The van der Waals surface area contributed by atoms with E-state index in [0.717, 1.165) is 0 Å². The zero-order valence-electron chi connectivity index (χ0n) is 75.0. The number of ether oxygens (including phenoxy) is 4. The minimum absolute atomic E-state index is 0.00608. The molecule has 0 aromatic carbocycles. The van der Waals surface area contributed by atoms with Gasteiger partial charge in [-0.05, 0) is 77.6 Å². The molecule has 131 heavy (non-hydrogen) atoms. The van der Waals surface area contributed by atoms with Gasteiger partial charge in [0.15, 0.2) is 0 Å². The molecular formula is C75H106F43NO10S2. The van der Waals surface area contributed by atoms with E-state index >= 15 is 171 Å². The van der Waals surface area contributed by atoms with Crippen LogP contribution in [0.5, 0.6) is 0 Å². The molecule has 12 atom stereocenters. The van der Waals surface area contributed by atoms with Crippen LogP contribution in [-0.4, -0.2) is 173 Å². The Kier molecular flexibility index (Phi) is 34.1. The Balaban J connectivity index is 11.1. The van der Waals surface area contributed by atoms with E-state index in [1.165, 1.54) is 0 Å². The molecule has 0 saturated heterocycles. The molecule has 56 heteroatoms. The molecule has 0 heterocycles. The first-order valence-electron chi connectivity index (χ1n) is 39.2. The smallest absolute Gasteiger partial charge is 0.328 e. The highest BCUT2D eigenvalue weighted by Crippen LogP contribution is 2.81. The van der Waals surface area contributed by atoms with Crippen molar-refractivity contribution in [3.8, 4) is 6.07 Å². The molecule has 0 saturated carbocycles. The molecule has 0 aliphatic carbocycles. The van der Waals surface area contributed by atoms with Crippen molar-refractivity contribution in [3.05, 3.63) is 0 Å². The lowest BCUT2D eigenvalue weighted by atomic mass is 9.45. The fourth-order valence-electron chi connectivity index (χ4n) is 16.8. The maximum Gasteiger partial charge on any atom is 0.460 e. The van der Waals surface area contributed by atoms with Crippen LogP contribution in [-0.2, 0) is 39.2 Å². The maximum atomic E-state index is 20.1. The van der Waals surface area contributed by atoms with Gasteiger partial charge in [0.2, 0.25) is 0 Å². The number of nitrogens with zero attached hydrogens (tertiary/aromatic N) is 1. The molecule has 12 unspecified atom stereocenters. The van der Waals surface area contributed by atoms with Gasteiger partial charge in [0.1, 0.15) is 17.3 Å². The summed E-state index contributed by atoms with van der Waals surface area (Å²) in [5.74, 6) is -126. The highest BCUT2D eigenvalue weighted by Gasteiger charge is 2.96. The minimum Gasteiger partial charge on any atom is -0.328 e. The van der Waals surface area contributed by atoms with Crippen LogP contribution >= 0.6 is 0 Å². The van der Waals surface area contributed by atoms with Crippen LogP contribution in [0.2, 0.25) is 0 Å². The molecule has 0 amide bonds. The highest BCUT2D eigenvalue weighted by atomic mass is 32.2. The maximum absolute atomic E-state index is 20.1. The van der Waals surface area contributed by atoms with Gasteiger partial charge in [0.25, 0.3) is 24.0 Å². The van der Waals surface area contributed by atoms with Gasteiger partial charge in [-0.2, -0.15) is 189 Å². The lowest BCUT2D eigenvalue weighted by Crippen LogP contribution is -2.79. The Hall–Kier alpha value is -3.86. The summed E-state index contributed by atoms with van der Waals surface area (Å²) >= 11 is 0. The normalized spacial score (nSPS) is 21.3. The van der Waals surface area contributed by atoms with Crippen LogP contribution in [0.3, 0.4) is 0 Å². The van der Waals surface area contributed by atoms with Crippen molar-refractivity contribution in [2.45, 2.75) is 405 Å². The minimum atomic E-state index is -9.15. The molecule has 784 valence electrons. The summed E-state index contributed by atoms with van der Waals surface area (Å²) in [4.78, 5) is 0. The van der Waals surface area contributed by atoms with Gasteiger partial charge in [-0.1, -0.05) is 180 Å². The zero-order chi connectivity index (χ0) is 107. The fraction of sp³-hybridized carbons (Fsp3) is 0.987. The van der Waals surface area contributed by atoms with E-state index < -0.39 is 407 Å². The molecule has 0 aliphatic heterocycles. The van der Waals surface area contributed by atoms with Crippen molar-refractivity contribution >= 4 is 20.2 Å². The quantitative estimate of drug-likeness (QED) is 0.0439. The van der Waals surface area contributed by atoms with Crippen molar-refractivity contribution in [3.63, 3.8) is 0 Å². The summed E-state index contributed by atoms with van der Waals surface area (Å²) in [5, 5.41) is -7.36. The summed E-state index contributed by atoms with van der Waals surface area (Å²) in [5.41, 5.74) is -69.1. The van der Waals surface area contributed by atoms with Gasteiger partial charge in [-0.15, -0.1) is 0 Å². The van der Waals surface area contributed by atoms with Gasteiger partial charge in [0.05, 0.1) is 0 Å². The number of rotatable bonds is 51. The second kappa shape index (κ2) is 35.1. The van der Waals surface area contributed by atoms with Crippen molar-refractivity contribution in [2.75, 3.05) is 0 Å². The largest absolute Gasteiger partial charge is 0.460 e. The molecular weight excluding hydrogens is 1960 g/mol. The molecule has 0 rings (SSSR count). The number of hydrogen-bond acceptors (Lipinski definition) is 9. The van der Waals surface area contributed by atoms with E-state index in [2.05, 4.69) is 18.9 Å². The average molecular weight is 2060 g/mol.